The van der Waals surface area contributed by atoms with Crippen LogP contribution in [0.25, 0.3) is 0 Å². The van der Waals surface area contributed by atoms with E-state index in [1.807, 2.05) is 6.07 Å². The first kappa shape index (κ1) is 17.2. The molecule has 95 valence electrons. The summed E-state index contributed by atoms with van der Waals surface area (Å²) in [5, 5.41) is 13.3. The van der Waals surface area contributed by atoms with E-state index < -0.39 is 0 Å². The SMILES string of the molecule is [B]SCCC1C(O)CC(C)C1Cc1cc[c-]s1.[Y]. The van der Waals surface area contributed by atoms with Crippen molar-refractivity contribution in [3.05, 3.63) is 22.4 Å². The first-order valence-electron chi connectivity index (χ1n) is 6.17. The minimum atomic E-state index is -0.133. The molecule has 1 saturated carbocycles. The van der Waals surface area contributed by atoms with Gasteiger partial charge in [-0.25, -0.2) is 17.7 Å². The number of hydrogen-bond donors (Lipinski definition) is 1. The van der Waals surface area contributed by atoms with Crippen molar-refractivity contribution < 1.29 is 37.8 Å². The van der Waals surface area contributed by atoms with Gasteiger partial charge in [0.05, 0.1) is 6.10 Å². The molecule has 1 aromatic heterocycles. The van der Waals surface area contributed by atoms with E-state index in [9.17, 15) is 5.11 Å². The van der Waals surface area contributed by atoms with Crippen LogP contribution < -0.4 is 0 Å². The van der Waals surface area contributed by atoms with Crippen molar-refractivity contribution in [2.45, 2.75) is 32.3 Å². The van der Waals surface area contributed by atoms with Gasteiger partial charge >= 0.3 is 0 Å². The summed E-state index contributed by atoms with van der Waals surface area (Å²) in [4.78, 5) is 1.39. The average Bonchev–Trinajstić information content (AvgIpc) is 2.88. The van der Waals surface area contributed by atoms with Crippen LogP contribution in [0.1, 0.15) is 24.6 Å². The zero-order valence-corrected chi connectivity index (χ0v) is 15.2. The summed E-state index contributed by atoms with van der Waals surface area (Å²) >= 11 is 3.09. The molecule has 1 N–H and O–H groups in total. The van der Waals surface area contributed by atoms with Crippen LogP contribution in [-0.2, 0) is 39.1 Å². The fraction of sp³-hybridized carbons (Fsp3) is 0.692. The third-order valence-corrected chi connectivity index (χ3v) is 5.21. The Morgan fingerprint density at radius 2 is 2.33 bits per heavy atom. The van der Waals surface area contributed by atoms with Crippen molar-refractivity contribution in [1.82, 2.24) is 0 Å². The molecule has 0 aromatic carbocycles. The first-order valence-corrected chi connectivity index (χ1v) is 8.03. The quantitative estimate of drug-likeness (QED) is 0.648. The number of aliphatic hydroxyl groups excluding tert-OH is 1. The summed E-state index contributed by atoms with van der Waals surface area (Å²) < 4.78 is 0. The van der Waals surface area contributed by atoms with E-state index >= 15 is 0 Å². The second-order valence-corrected chi connectivity index (χ2v) is 6.70. The summed E-state index contributed by atoms with van der Waals surface area (Å²) in [6.45, 7) is 2.26. The van der Waals surface area contributed by atoms with Gasteiger partial charge in [0.25, 0.3) is 0 Å². The predicted octanol–water partition coefficient (Wildman–Crippen LogP) is 2.93. The Morgan fingerprint density at radius 1 is 1.56 bits per heavy atom. The first-order chi connectivity index (χ1) is 8.22. The Labute approximate surface area is 145 Å². The molecule has 18 heavy (non-hydrogen) atoms. The largest absolute Gasteiger partial charge is 0.393 e. The number of thiophene rings is 1. The Hall–Kier alpha value is 1.18. The molecule has 1 aliphatic rings. The van der Waals surface area contributed by atoms with Gasteiger partial charge in [-0.05, 0) is 36.3 Å². The van der Waals surface area contributed by atoms with Gasteiger partial charge in [0, 0.05) is 32.7 Å². The van der Waals surface area contributed by atoms with Crippen LogP contribution in [0.3, 0.4) is 0 Å². The zero-order chi connectivity index (χ0) is 12.3. The average molecular weight is 354 g/mol. The Bertz CT molecular complexity index is 334. The van der Waals surface area contributed by atoms with Crippen LogP contribution in [-0.4, -0.2) is 24.1 Å². The Balaban J connectivity index is 0.00000162. The van der Waals surface area contributed by atoms with E-state index in [1.165, 1.54) is 16.5 Å². The molecular weight excluding hydrogens is 336 g/mol. The van der Waals surface area contributed by atoms with E-state index in [-0.39, 0.29) is 38.8 Å². The molecule has 1 nitrogen and oxygen atoms in total. The number of aliphatic hydroxyl groups is 1. The third kappa shape index (κ3) is 4.34. The number of rotatable bonds is 5. The second kappa shape index (κ2) is 8.46. The molecular formula is C13H18BOS2Y-. The van der Waals surface area contributed by atoms with E-state index in [4.69, 9.17) is 7.12 Å². The Kier molecular flexibility index (Phi) is 8.10. The Morgan fingerprint density at radius 3 is 2.94 bits per heavy atom. The predicted molar refractivity (Wildman–Crippen MR) is 76.5 cm³/mol. The molecule has 5 heteroatoms. The molecule has 4 atom stereocenters. The third-order valence-electron chi connectivity index (χ3n) is 3.92. The van der Waals surface area contributed by atoms with Gasteiger partial charge in [0.1, 0.15) is 0 Å². The van der Waals surface area contributed by atoms with Crippen LogP contribution in [0.15, 0.2) is 12.1 Å². The van der Waals surface area contributed by atoms with Gasteiger partial charge in [-0.2, -0.15) is 6.07 Å². The standard InChI is InChI=1S/C13H18BOS2.Y/c1-9-7-13(15)11(4-6-17-14)12(9)8-10-3-2-5-16-10;/h2-3,9,11-13,15H,4,6-8H2,1H3;/q-1;. The van der Waals surface area contributed by atoms with Crippen LogP contribution in [0, 0.1) is 23.1 Å². The van der Waals surface area contributed by atoms with Crippen LogP contribution in [0.2, 0.25) is 0 Å². The molecule has 3 radical (unpaired) electrons. The van der Waals surface area contributed by atoms with Crippen LogP contribution in [0.5, 0.6) is 0 Å². The van der Waals surface area contributed by atoms with Crippen molar-refractivity contribution in [3.8, 4) is 0 Å². The van der Waals surface area contributed by atoms with Crippen LogP contribution >= 0.6 is 22.9 Å². The molecule has 0 bridgehead atoms. The zero-order valence-electron chi connectivity index (χ0n) is 10.7. The molecule has 2 rings (SSSR count). The maximum Gasteiger partial charge on any atom is 0.161 e. The normalized spacial score (nSPS) is 31.2. The van der Waals surface area contributed by atoms with Crippen molar-refractivity contribution in [2.24, 2.45) is 17.8 Å². The molecule has 1 fully saturated rings. The summed E-state index contributed by atoms with van der Waals surface area (Å²) in [6, 6.07) is 4.14. The molecule has 0 aliphatic heterocycles. The minimum Gasteiger partial charge on any atom is -0.393 e. The summed E-state index contributed by atoms with van der Waals surface area (Å²) in [5.74, 6) is 2.58. The molecule has 1 aliphatic carbocycles. The van der Waals surface area contributed by atoms with Gasteiger partial charge in [0.15, 0.2) is 7.12 Å². The monoisotopic (exact) mass is 354 g/mol. The molecule has 4 unspecified atom stereocenters. The molecule has 1 aromatic rings. The topological polar surface area (TPSA) is 20.2 Å². The van der Waals surface area contributed by atoms with E-state index in [2.05, 4.69) is 18.4 Å². The van der Waals surface area contributed by atoms with Gasteiger partial charge in [-0.15, -0.1) is 10.3 Å². The van der Waals surface area contributed by atoms with Gasteiger partial charge in [-0.3, -0.25) is 0 Å². The van der Waals surface area contributed by atoms with Crippen molar-refractivity contribution in [3.63, 3.8) is 0 Å². The van der Waals surface area contributed by atoms with Gasteiger partial charge < -0.3 is 16.4 Å². The van der Waals surface area contributed by atoms with Crippen LogP contribution in [0.4, 0.5) is 0 Å². The van der Waals surface area contributed by atoms with E-state index in [0.717, 1.165) is 25.0 Å². The molecule has 0 spiro atoms. The van der Waals surface area contributed by atoms with Crippen molar-refractivity contribution in [2.75, 3.05) is 5.75 Å². The van der Waals surface area contributed by atoms with Crippen molar-refractivity contribution >= 4 is 30.1 Å². The molecule has 0 saturated heterocycles. The van der Waals surface area contributed by atoms with Gasteiger partial charge in [-0.1, -0.05) is 13.3 Å². The second-order valence-electron chi connectivity index (χ2n) is 4.99. The maximum absolute atomic E-state index is 10.1. The van der Waals surface area contributed by atoms with E-state index in [1.54, 1.807) is 11.3 Å². The summed E-state index contributed by atoms with van der Waals surface area (Å²) in [6.07, 6.45) is 2.93. The van der Waals surface area contributed by atoms with Crippen molar-refractivity contribution in [1.29, 1.82) is 0 Å². The fourth-order valence-electron chi connectivity index (χ4n) is 3.01. The minimum absolute atomic E-state index is 0. The maximum atomic E-state index is 10.1. The smallest absolute Gasteiger partial charge is 0.161 e. The fourth-order valence-corrected chi connectivity index (χ4v) is 4.12. The summed E-state index contributed by atoms with van der Waals surface area (Å²) in [5.41, 5.74) is 0. The molecule has 1 heterocycles. The number of hydrogen-bond acceptors (Lipinski definition) is 3. The molecule has 0 amide bonds. The summed E-state index contributed by atoms with van der Waals surface area (Å²) in [7, 11) is 5.50. The van der Waals surface area contributed by atoms with Gasteiger partial charge in [0.2, 0.25) is 0 Å². The van der Waals surface area contributed by atoms with E-state index in [0.29, 0.717) is 17.8 Å².